The zero-order valence-electron chi connectivity index (χ0n) is 15.7. The van der Waals surface area contributed by atoms with Crippen molar-refractivity contribution in [3.8, 4) is 0 Å². The SMILES string of the molecule is CC1CCC(C)C(NC2CCCC2CNC(=O)OC(C)(C)C)C1. The van der Waals surface area contributed by atoms with Gasteiger partial charge in [-0.2, -0.15) is 0 Å². The van der Waals surface area contributed by atoms with E-state index in [0.29, 0.717) is 18.0 Å². The molecule has 0 saturated heterocycles. The standard InChI is InChI=1S/C19H36N2O2/c1-13-9-10-14(2)17(11-13)21-16-8-6-7-15(16)12-20-18(22)23-19(3,4)5/h13-17,21H,6-12H2,1-5H3,(H,20,22). The Balaban J connectivity index is 1.79. The van der Waals surface area contributed by atoms with Crippen LogP contribution in [-0.4, -0.2) is 30.3 Å². The largest absolute Gasteiger partial charge is 0.444 e. The Bertz CT molecular complexity index is 391. The molecule has 2 rings (SSSR count). The van der Waals surface area contributed by atoms with Crippen molar-refractivity contribution in [2.45, 2.75) is 90.8 Å². The van der Waals surface area contributed by atoms with Gasteiger partial charge >= 0.3 is 6.09 Å². The lowest BCUT2D eigenvalue weighted by Gasteiger charge is -2.37. The summed E-state index contributed by atoms with van der Waals surface area (Å²) >= 11 is 0. The van der Waals surface area contributed by atoms with Crippen molar-refractivity contribution in [3.05, 3.63) is 0 Å². The van der Waals surface area contributed by atoms with E-state index in [0.717, 1.165) is 18.4 Å². The molecule has 0 bridgehead atoms. The van der Waals surface area contributed by atoms with Crippen LogP contribution in [-0.2, 0) is 4.74 Å². The second-order valence-corrected chi connectivity index (χ2v) is 8.85. The van der Waals surface area contributed by atoms with E-state index in [4.69, 9.17) is 4.74 Å². The van der Waals surface area contributed by atoms with Crippen LogP contribution >= 0.6 is 0 Å². The van der Waals surface area contributed by atoms with Crippen LogP contribution in [0.25, 0.3) is 0 Å². The maximum atomic E-state index is 11.9. The van der Waals surface area contributed by atoms with Crippen molar-refractivity contribution in [1.29, 1.82) is 0 Å². The Morgan fingerprint density at radius 3 is 2.52 bits per heavy atom. The first-order valence-corrected chi connectivity index (χ1v) is 9.47. The van der Waals surface area contributed by atoms with E-state index in [-0.39, 0.29) is 6.09 Å². The van der Waals surface area contributed by atoms with Gasteiger partial charge in [-0.1, -0.05) is 26.7 Å². The maximum absolute atomic E-state index is 11.9. The van der Waals surface area contributed by atoms with Crippen molar-refractivity contribution in [1.82, 2.24) is 10.6 Å². The Hall–Kier alpha value is -0.770. The third kappa shape index (κ3) is 5.98. The minimum atomic E-state index is -0.426. The fourth-order valence-corrected chi connectivity index (χ4v) is 4.07. The van der Waals surface area contributed by atoms with Gasteiger partial charge in [0, 0.05) is 18.6 Å². The quantitative estimate of drug-likeness (QED) is 0.819. The van der Waals surface area contributed by atoms with Crippen LogP contribution in [0.2, 0.25) is 0 Å². The lowest BCUT2D eigenvalue weighted by Crippen LogP contribution is -2.48. The van der Waals surface area contributed by atoms with E-state index in [2.05, 4.69) is 24.5 Å². The summed E-state index contributed by atoms with van der Waals surface area (Å²) in [7, 11) is 0. The molecule has 2 aliphatic carbocycles. The predicted octanol–water partition coefficient (Wildman–Crippen LogP) is 4.09. The summed E-state index contributed by atoms with van der Waals surface area (Å²) in [6.45, 7) is 11.2. The predicted molar refractivity (Wildman–Crippen MR) is 94.5 cm³/mol. The number of carbonyl (C=O) groups excluding carboxylic acids is 1. The summed E-state index contributed by atoms with van der Waals surface area (Å²) in [4.78, 5) is 11.9. The Morgan fingerprint density at radius 2 is 1.83 bits per heavy atom. The van der Waals surface area contributed by atoms with E-state index in [1.165, 1.54) is 38.5 Å². The molecule has 5 unspecified atom stereocenters. The average molecular weight is 325 g/mol. The molecule has 4 heteroatoms. The number of ether oxygens (including phenoxy) is 1. The lowest BCUT2D eigenvalue weighted by atomic mass is 9.79. The van der Waals surface area contributed by atoms with Gasteiger partial charge in [0.15, 0.2) is 0 Å². The molecule has 2 N–H and O–H groups in total. The molecule has 0 aromatic rings. The molecule has 134 valence electrons. The van der Waals surface area contributed by atoms with Gasteiger partial charge in [-0.3, -0.25) is 0 Å². The monoisotopic (exact) mass is 324 g/mol. The van der Waals surface area contributed by atoms with Crippen LogP contribution in [0.1, 0.15) is 73.1 Å². The molecule has 4 nitrogen and oxygen atoms in total. The summed E-state index contributed by atoms with van der Waals surface area (Å²) in [6.07, 6.45) is 7.41. The number of alkyl carbamates (subject to hydrolysis) is 1. The summed E-state index contributed by atoms with van der Waals surface area (Å²) in [5.74, 6) is 2.14. The van der Waals surface area contributed by atoms with E-state index in [1.54, 1.807) is 0 Å². The van der Waals surface area contributed by atoms with Crippen molar-refractivity contribution in [2.24, 2.45) is 17.8 Å². The normalized spacial score (nSPS) is 35.1. The number of carbonyl (C=O) groups is 1. The fraction of sp³-hybridized carbons (Fsp3) is 0.947. The highest BCUT2D eigenvalue weighted by Gasteiger charge is 2.33. The van der Waals surface area contributed by atoms with Crippen LogP contribution in [0.4, 0.5) is 4.79 Å². The van der Waals surface area contributed by atoms with Gasteiger partial charge < -0.3 is 15.4 Å². The number of hydrogen-bond donors (Lipinski definition) is 2. The third-order valence-electron chi connectivity index (χ3n) is 5.45. The average Bonchev–Trinajstić information content (AvgIpc) is 2.86. The van der Waals surface area contributed by atoms with Crippen molar-refractivity contribution in [2.75, 3.05) is 6.54 Å². The molecule has 0 aromatic carbocycles. The fourth-order valence-electron chi connectivity index (χ4n) is 4.07. The first-order valence-electron chi connectivity index (χ1n) is 9.47. The molecule has 2 fully saturated rings. The first-order chi connectivity index (χ1) is 10.7. The lowest BCUT2D eigenvalue weighted by molar-refractivity contribution is 0.0516. The van der Waals surface area contributed by atoms with Crippen molar-refractivity contribution in [3.63, 3.8) is 0 Å². The molecule has 0 spiro atoms. The second kappa shape index (κ2) is 7.87. The highest BCUT2D eigenvalue weighted by atomic mass is 16.6. The van der Waals surface area contributed by atoms with E-state index in [9.17, 15) is 4.79 Å². The summed E-state index contributed by atoms with van der Waals surface area (Å²) in [5, 5.41) is 6.90. The topological polar surface area (TPSA) is 50.4 Å². The molecule has 0 aliphatic heterocycles. The van der Waals surface area contributed by atoms with E-state index >= 15 is 0 Å². The van der Waals surface area contributed by atoms with Crippen LogP contribution in [0.3, 0.4) is 0 Å². The molecule has 0 heterocycles. The van der Waals surface area contributed by atoms with Crippen LogP contribution in [0.5, 0.6) is 0 Å². The van der Waals surface area contributed by atoms with Gasteiger partial charge in [0.2, 0.25) is 0 Å². The summed E-state index contributed by atoms with van der Waals surface area (Å²) < 4.78 is 5.34. The zero-order chi connectivity index (χ0) is 17.0. The highest BCUT2D eigenvalue weighted by molar-refractivity contribution is 5.67. The van der Waals surface area contributed by atoms with E-state index < -0.39 is 5.60 Å². The number of rotatable bonds is 4. The maximum Gasteiger partial charge on any atom is 0.407 e. The number of hydrogen-bond acceptors (Lipinski definition) is 3. The van der Waals surface area contributed by atoms with Gasteiger partial charge in [-0.05, 0) is 64.2 Å². The van der Waals surface area contributed by atoms with Gasteiger partial charge in [0.1, 0.15) is 5.60 Å². The molecule has 2 saturated carbocycles. The van der Waals surface area contributed by atoms with Gasteiger partial charge in [0.25, 0.3) is 0 Å². The minimum Gasteiger partial charge on any atom is -0.444 e. The van der Waals surface area contributed by atoms with Crippen LogP contribution in [0.15, 0.2) is 0 Å². The third-order valence-corrected chi connectivity index (χ3v) is 5.45. The molecule has 5 atom stereocenters. The van der Waals surface area contributed by atoms with E-state index in [1.807, 2.05) is 20.8 Å². The Kier molecular flexibility index (Phi) is 6.35. The second-order valence-electron chi connectivity index (χ2n) is 8.85. The smallest absolute Gasteiger partial charge is 0.407 e. The van der Waals surface area contributed by atoms with Crippen molar-refractivity contribution < 1.29 is 9.53 Å². The van der Waals surface area contributed by atoms with Crippen LogP contribution in [0, 0.1) is 17.8 Å². The van der Waals surface area contributed by atoms with Gasteiger partial charge in [-0.15, -0.1) is 0 Å². The molecule has 2 aliphatic rings. The summed E-state index contributed by atoms with van der Waals surface area (Å²) in [6, 6.07) is 1.19. The summed E-state index contributed by atoms with van der Waals surface area (Å²) in [5.41, 5.74) is -0.426. The Morgan fingerprint density at radius 1 is 1.09 bits per heavy atom. The zero-order valence-corrected chi connectivity index (χ0v) is 15.7. The number of amides is 1. The first kappa shape index (κ1) is 18.6. The molecular formula is C19H36N2O2. The highest BCUT2D eigenvalue weighted by Crippen LogP contribution is 2.32. The van der Waals surface area contributed by atoms with Crippen molar-refractivity contribution >= 4 is 6.09 Å². The van der Waals surface area contributed by atoms with Crippen LogP contribution < -0.4 is 10.6 Å². The molecule has 0 radical (unpaired) electrons. The van der Waals surface area contributed by atoms with Gasteiger partial charge in [0.05, 0.1) is 0 Å². The van der Waals surface area contributed by atoms with Gasteiger partial charge in [-0.25, -0.2) is 4.79 Å². The Labute approximate surface area is 142 Å². The molecular weight excluding hydrogens is 288 g/mol. The molecule has 0 aromatic heterocycles. The molecule has 1 amide bonds. The number of nitrogens with one attached hydrogen (secondary N) is 2. The molecule has 23 heavy (non-hydrogen) atoms. The minimum absolute atomic E-state index is 0.289.